The van der Waals surface area contributed by atoms with E-state index in [4.69, 9.17) is 10.5 Å². The summed E-state index contributed by atoms with van der Waals surface area (Å²) in [6.07, 6.45) is 2.50. The minimum Gasteiger partial charge on any atom is -0.497 e. The van der Waals surface area contributed by atoms with Gasteiger partial charge in [-0.2, -0.15) is 0 Å². The molecule has 2 aromatic rings. The number of carbonyl (C=O) groups is 4. The summed E-state index contributed by atoms with van der Waals surface area (Å²) < 4.78 is 5.21. The van der Waals surface area contributed by atoms with Crippen LogP contribution in [0.25, 0.3) is 0 Å². The first-order chi connectivity index (χ1) is 15.6. The van der Waals surface area contributed by atoms with Crippen LogP contribution in [0.3, 0.4) is 0 Å². The molecule has 0 spiro atoms. The number of nitrogens with one attached hydrogen (secondary N) is 2. The van der Waals surface area contributed by atoms with E-state index in [2.05, 4.69) is 17.6 Å². The lowest BCUT2D eigenvalue weighted by Crippen LogP contribution is -2.42. The molecule has 2 unspecified atom stereocenters. The molecule has 2 heterocycles. The Morgan fingerprint density at radius 1 is 1.36 bits per heavy atom. The number of anilines is 1. The average molecular weight is 471 g/mol. The lowest BCUT2D eigenvalue weighted by molar-refractivity contribution is -0.133. The molecule has 1 aliphatic heterocycles. The van der Waals surface area contributed by atoms with E-state index in [-0.39, 0.29) is 0 Å². The molecule has 9 nitrogen and oxygen atoms in total. The first kappa shape index (κ1) is 22.8. The molecule has 0 saturated carbocycles. The summed E-state index contributed by atoms with van der Waals surface area (Å²) in [7, 11) is 1.51. The van der Waals surface area contributed by atoms with E-state index in [1.807, 2.05) is 0 Å². The Labute approximate surface area is 195 Å². The maximum Gasteiger partial charge on any atom is 0.325 e. The highest BCUT2D eigenvalue weighted by molar-refractivity contribution is 7.17. The van der Waals surface area contributed by atoms with Crippen LogP contribution in [0.2, 0.25) is 0 Å². The summed E-state index contributed by atoms with van der Waals surface area (Å²) in [5, 5.41) is 5.74. The number of methoxy groups -OCH3 is 1. The minimum absolute atomic E-state index is 0.327. The lowest BCUT2D eigenvalue weighted by atomic mass is 9.88. The number of hydrogen-bond donors (Lipinski definition) is 3. The van der Waals surface area contributed by atoms with Crippen molar-refractivity contribution in [2.75, 3.05) is 19.0 Å². The Morgan fingerprint density at radius 3 is 2.82 bits per heavy atom. The quantitative estimate of drug-likeness (QED) is 0.558. The van der Waals surface area contributed by atoms with Crippen LogP contribution in [0.4, 0.5) is 9.80 Å². The van der Waals surface area contributed by atoms with E-state index in [0.29, 0.717) is 27.8 Å². The zero-order valence-corrected chi connectivity index (χ0v) is 19.5. The van der Waals surface area contributed by atoms with Crippen LogP contribution in [-0.4, -0.2) is 42.3 Å². The van der Waals surface area contributed by atoms with Crippen LogP contribution in [0, 0.1) is 5.92 Å². The second kappa shape index (κ2) is 8.51. The molecule has 5 amide bonds. The van der Waals surface area contributed by atoms with Crippen LogP contribution in [0.5, 0.6) is 5.75 Å². The van der Waals surface area contributed by atoms with Crippen molar-refractivity contribution in [3.63, 3.8) is 0 Å². The number of benzene rings is 1. The largest absolute Gasteiger partial charge is 0.497 e. The van der Waals surface area contributed by atoms with Crippen molar-refractivity contribution in [3.05, 3.63) is 45.8 Å². The fourth-order valence-electron chi connectivity index (χ4n) is 4.38. The van der Waals surface area contributed by atoms with Gasteiger partial charge < -0.3 is 21.1 Å². The van der Waals surface area contributed by atoms with Gasteiger partial charge in [0.1, 0.15) is 22.8 Å². The van der Waals surface area contributed by atoms with Crippen LogP contribution in [0.1, 0.15) is 46.6 Å². The number of amides is 5. The Bertz CT molecular complexity index is 1160. The van der Waals surface area contributed by atoms with Gasteiger partial charge in [0.05, 0.1) is 12.7 Å². The molecule has 2 aliphatic rings. The second-order valence-corrected chi connectivity index (χ2v) is 9.75. The Hall–Kier alpha value is -3.40. The summed E-state index contributed by atoms with van der Waals surface area (Å²) in [5.74, 6) is -0.701. The molecule has 10 heteroatoms. The van der Waals surface area contributed by atoms with E-state index in [0.717, 1.165) is 34.6 Å². The topological polar surface area (TPSA) is 131 Å². The van der Waals surface area contributed by atoms with Crippen molar-refractivity contribution in [1.82, 2.24) is 10.2 Å². The predicted octanol–water partition coefficient (Wildman–Crippen LogP) is 2.39. The van der Waals surface area contributed by atoms with Crippen LogP contribution in [0.15, 0.2) is 24.3 Å². The maximum atomic E-state index is 13.1. The number of ether oxygens (including phenoxy) is 1. The molecule has 174 valence electrons. The molecule has 1 fully saturated rings. The Morgan fingerprint density at radius 2 is 2.12 bits per heavy atom. The van der Waals surface area contributed by atoms with E-state index in [1.165, 1.54) is 18.4 Å². The van der Waals surface area contributed by atoms with Gasteiger partial charge in [-0.05, 0) is 55.4 Å². The zero-order chi connectivity index (χ0) is 23.9. The molecule has 4 N–H and O–H groups in total. The Balaban J connectivity index is 1.53. The van der Waals surface area contributed by atoms with Gasteiger partial charge in [0.2, 0.25) is 5.91 Å². The molecule has 2 atom stereocenters. The van der Waals surface area contributed by atoms with E-state index >= 15 is 0 Å². The van der Waals surface area contributed by atoms with Gasteiger partial charge in [0.25, 0.3) is 11.8 Å². The number of thiophene rings is 1. The van der Waals surface area contributed by atoms with Gasteiger partial charge in [-0.15, -0.1) is 11.3 Å². The summed E-state index contributed by atoms with van der Waals surface area (Å²) in [6.45, 7) is 3.24. The van der Waals surface area contributed by atoms with Gasteiger partial charge in [-0.25, -0.2) is 4.79 Å². The predicted molar refractivity (Wildman–Crippen MR) is 123 cm³/mol. The van der Waals surface area contributed by atoms with E-state index in [1.54, 1.807) is 31.2 Å². The van der Waals surface area contributed by atoms with Gasteiger partial charge in [-0.3, -0.25) is 19.3 Å². The van der Waals surface area contributed by atoms with Gasteiger partial charge >= 0.3 is 6.03 Å². The molecule has 4 rings (SSSR count). The molecule has 1 aromatic carbocycles. The first-order valence-electron chi connectivity index (χ1n) is 10.7. The number of primary amides is 1. The fourth-order valence-corrected chi connectivity index (χ4v) is 5.81. The van der Waals surface area contributed by atoms with Gasteiger partial charge in [-0.1, -0.05) is 19.1 Å². The van der Waals surface area contributed by atoms with Crippen molar-refractivity contribution in [2.45, 2.75) is 38.6 Å². The number of carbonyl (C=O) groups excluding carboxylic acids is 4. The fraction of sp³-hybridized carbons (Fsp3) is 0.391. The molecule has 1 aromatic heterocycles. The van der Waals surface area contributed by atoms with Crippen molar-refractivity contribution >= 4 is 40.1 Å². The second-order valence-electron chi connectivity index (χ2n) is 8.65. The molecular weight excluding hydrogens is 444 g/mol. The number of nitrogens with two attached hydrogens (primary N) is 1. The highest BCUT2D eigenvalue weighted by atomic mass is 32.1. The summed E-state index contributed by atoms with van der Waals surface area (Å²) >= 11 is 1.33. The van der Waals surface area contributed by atoms with E-state index in [9.17, 15) is 19.2 Å². The monoisotopic (exact) mass is 470 g/mol. The zero-order valence-electron chi connectivity index (χ0n) is 18.7. The summed E-state index contributed by atoms with van der Waals surface area (Å²) in [6, 6.07) is 6.16. The third kappa shape index (κ3) is 4.06. The van der Waals surface area contributed by atoms with Crippen LogP contribution in [-0.2, 0) is 28.0 Å². The van der Waals surface area contributed by atoms with Crippen molar-refractivity contribution < 1.29 is 23.9 Å². The van der Waals surface area contributed by atoms with Crippen LogP contribution >= 0.6 is 11.3 Å². The summed E-state index contributed by atoms with van der Waals surface area (Å²) in [4.78, 5) is 52.6. The lowest BCUT2D eigenvalue weighted by Gasteiger charge is -2.22. The smallest absolute Gasteiger partial charge is 0.325 e. The number of nitrogens with zero attached hydrogens (tertiary/aromatic N) is 1. The molecule has 0 bridgehead atoms. The standard InChI is InChI=1S/C23H26N4O5S/c1-12-7-8-15-16(9-12)33-20(18(15)19(24)29)25-17(28)11-27-21(30)23(2,26-22(27)31)13-5-4-6-14(10-13)32-3/h4-6,10,12H,7-9,11H2,1-3H3,(H2,24,29)(H,25,28)(H,26,31). The third-order valence-corrected chi connectivity index (χ3v) is 7.40. The molecule has 33 heavy (non-hydrogen) atoms. The highest BCUT2D eigenvalue weighted by Crippen LogP contribution is 2.39. The molecule has 1 aliphatic carbocycles. The minimum atomic E-state index is -1.33. The van der Waals surface area contributed by atoms with Crippen molar-refractivity contribution in [2.24, 2.45) is 11.7 Å². The molecule has 0 radical (unpaired) electrons. The maximum absolute atomic E-state index is 13.1. The van der Waals surface area contributed by atoms with Crippen molar-refractivity contribution in [3.8, 4) is 5.75 Å². The SMILES string of the molecule is COc1cccc(C2(C)NC(=O)N(CC(=O)Nc3sc4c(c3C(N)=O)CCC(C)C4)C2=O)c1. The van der Waals surface area contributed by atoms with Gasteiger partial charge in [0, 0.05) is 4.88 Å². The summed E-state index contributed by atoms with van der Waals surface area (Å²) in [5.41, 5.74) is 6.03. The third-order valence-electron chi connectivity index (χ3n) is 6.23. The number of imide groups is 1. The first-order valence-corrected chi connectivity index (χ1v) is 11.5. The molecule has 1 saturated heterocycles. The molecular formula is C23H26N4O5S. The van der Waals surface area contributed by atoms with Gasteiger partial charge in [0.15, 0.2) is 0 Å². The number of fused-ring (bicyclic) bond motifs is 1. The van der Waals surface area contributed by atoms with E-state index < -0.39 is 35.8 Å². The normalized spacial score (nSPS) is 22.0. The number of hydrogen-bond acceptors (Lipinski definition) is 6. The Kier molecular flexibility index (Phi) is 5.87. The number of urea groups is 1. The van der Waals surface area contributed by atoms with Crippen molar-refractivity contribution in [1.29, 1.82) is 0 Å². The number of rotatable bonds is 6. The van der Waals surface area contributed by atoms with Crippen LogP contribution < -0.4 is 21.1 Å². The average Bonchev–Trinajstić information content (AvgIpc) is 3.23. The highest BCUT2D eigenvalue weighted by Gasteiger charge is 2.49.